The van der Waals surface area contributed by atoms with E-state index in [4.69, 9.17) is 23.2 Å². The molecule has 0 aliphatic heterocycles. The number of rotatable bonds is 5. The van der Waals surface area contributed by atoms with Crippen molar-refractivity contribution in [2.45, 2.75) is 34.1 Å². The fraction of sp³-hybridized carbons (Fsp3) is 0.143. The second-order valence-electron chi connectivity index (χ2n) is 14.1. The maximum absolute atomic E-state index is 5.86. The number of hydrogen-bond donors (Lipinski definition) is 0. The Morgan fingerprint density at radius 2 is 1.04 bits per heavy atom. The fourth-order valence-corrected chi connectivity index (χ4v) is 7.33. The molecule has 0 amide bonds. The second kappa shape index (κ2) is 20.0. The van der Waals surface area contributed by atoms with Gasteiger partial charge in [0.1, 0.15) is 0 Å². The summed E-state index contributed by atoms with van der Waals surface area (Å²) >= 11 is 13.1. The van der Waals surface area contributed by atoms with Gasteiger partial charge in [0, 0.05) is 0 Å². The van der Waals surface area contributed by atoms with Crippen LogP contribution < -0.4 is 24.8 Å². The molecule has 0 heterocycles. The van der Waals surface area contributed by atoms with Crippen LogP contribution in [0.15, 0.2) is 169 Å². The maximum atomic E-state index is 5.86. The van der Waals surface area contributed by atoms with Crippen LogP contribution in [0.5, 0.6) is 0 Å². The Morgan fingerprint density at radius 1 is 0.611 bits per heavy atom. The molecule has 0 bridgehead atoms. The van der Waals surface area contributed by atoms with Crippen LogP contribution in [0.2, 0.25) is 10.0 Å². The van der Waals surface area contributed by atoms with Crippen molar-refractivity contribution in [3.05, 3.63) is 197 Å². The predicted octanol–water partition coefficient (Wildman–Crippen LogP) is 8.52. The Labute approximate surface area is 358 Å². The molecule has 1 aliphatic carbocycles. The smallest absolute Gasteiger partial charge is 0.0259 e. The Morgan fingerprint density at radius 3 is 1.39 bits per heavy atom. The summed E-state index contributed by atoms with van der Waals surface area (Å²) in [5.74, 6) is 0.573. The van der Waals surface area contributed by atoms with E-state index in [0.29, 0.717) is 11.3 Å². The number of hydrogen-bond acceptors (Lipinski definition) is 0. The van der Waals surface area contributed by atoms with Gasteiger partial charge in [0.05, 0.1) is 0 Å². The zero-order valence-electron chi connectivity index (χ0n) is 30.9. The molecule has 272 valence electrons. The van der Waals surface area contributed by atoms with Gasteiger partial charge in [-0.05, 0) is 11.1 Å². The standard InChI is InChI=1S/C25H17.C13H8Cl2.C11H17.2ClH.Zr/c1-3-7-18(8-4-1)20-11-13-24-22(15-20)17-23-16-21(12-14-25(23)24)19-9-5-2-6-10-19;14-12-5-1-10(2-6-12)9-11-3-7-13(15)8-4-11;1-5-9-6-7-10(8-9)11(2,3)4;;;/h1-17H;1-8H;7-9H,5H2,1-4H3;2*1H;/q-1;;-1;;;+2/p-2. The van der Waals surface area contributed by atoms with Crippen molar-refractivity contribution >= 4 is 48.0 Å². The molecule has 0 aromatic heterocycles. The average molecular weight is 864 g/mol. The molecule has 0 saturated heterocycles. The van der Waals surface area contributed by atoms with Crippen LogP contribution in [-0.4, -0.2) is 3.21 Å². The SMILES string of the molecule is CCC1[C-]=CC(C(C)(C)C)=C1.Clc1ccc([C](=[Zr+2])c2ccc(Cl)cc2)cc1.[Cl-].[Cl-].c1ccc(-c2ccc3c(c2)[cH-]c2cc(-c4ccccc4)ccc23)cc1. The molecule has 1 unspecified atom stereocenters. The van der Waals surface area contributed by atoms with Gasteiger partial charge in [0.15, 0.2) is 0 Å². The average Bonchev–Trinajstić information content (AvgIpc) is 3.81. The Kier molecular flexibility index (Phi) is 16.0. The summed E-state index contributed by atoms with van der Waals surface area (Å²) < 4.78 is 1.31. The largest absolute Gasteiger partial charge is 1.00 e. The number of allylic oxidation sites excluding steroid dienone is 4. The van der Waals surface area contributed by atoms with Crippen LogP contribution >= 0.6 is 23.2 Å². The normalized spacial score (nSPS) is 13.1. The van der Waals surface area contributed by atoms with Gasteiger partial charge in [-0.1, -0.05) is 142 Å². The van der Waals surface area contributed by atoms with Gasteiger partial charge in [-0.25, -0.2) is 6.08 Å². The summed E-state index contributed by atoms with van der Waals surface area (Å²) in [6.07, 6.45) is 9.00. The first-order valence-corrected chi connectivity index (χ1v) is 19.7. The van der Waals surface area contributed by atoms with E-state index in [-0.39, 0.29) is 24.8 Å². The fourth-order valence-electron chi connectivity index (χ4n) is 6.25. The minimum Gasteiger partial charge on any atom is -1.00 e. The number of fused-ring (bicyclic) bond motifs is 3. The summed E-state index contributed by atoms with van der Waals surface area (Å²) in [6, 6.07) is 52.8. The van der Waals surface area contributed by atoms with Gasteiger partial charge in [-0.15, -0.1) is 39.7 Å². The van der Waals surface area contributed by atoms with Crippen LogP contribution in [0.4, 0.5) is 0 Å². The first-order chi connectivity index (χ1) is 25.1. The quantitative estimate of drug-likeness (QED) is 0.153. The van der Waals surface area contributed by atoms with E-state index in [1.165, 1.54) is 94.4 Å². The van der Waals surface area contributed by atoms with Crippen molar-refractivity contribution in [2.24, 2.45) is 11.3 Å². The van der Waals surface area contributed by atoms with E-state index in [0.717, 1.165) is 10.0 Å². The second-order valence-corrected chi connectivity index (χ2v) is 16.2. The molecule has 54 heavy (non-hydrogen) atoms. The van der Waals surface area contributed by atoms with E-state index in [1.807, 2.05) is 48.5 Å². The van der Waals surface area contributed by atoms with Gasteiger partial charge < -0.3 is 24.8 Å². The van der Waals surface area contributed by atoms with Crippen LogP contribution in [0.3, 0.4) is 0 Å². The van der Waals surface area contributed by atoms with Crippen LogP contribution in [0.1, 0.15) is 45.2 Å². The third-order valence-electron chi connectivity index (χ3n) is 9.32. The van der Waals surface area contributed by atoms with E-state index in [9.17, 15) is 0 Å². The van der Waals surface area contributed by atoms with Gasteiger partial charge >= 0.3 is 120 Å². The molecule has 0 N–H and O–H groups in total. The monoisotopic (exact) mass is 860 g/mol. The molecule has 8 rings (SSSR count). The predicted molar refractivity (Wildman–Crippen MR) is 223 cm³/mol. The molecule has 1 atom stereocenters. The van der Waals surface area contributed by atoms with Gasteiger partial charge in [0.25, 0.3) is 0 Å². The Balaban J connectivity index is 0.000000194. The van der Waals surface area contributed by atoms with Crippen molar-refractivity contribution in [1.82, 2.24) is 0 Å². The third kappa shape index (κ3) is 11.1. The molecule has 0 fully saturated rings. The van der Waals surface area contributed by atoms with E-state index < -0.39 is 0 Å². The Hall–Kier alpha value is -3.42. The minimum absolute atomic E-state index is 0. The summed E-state index contributed by atoms with van der Waals surface area (Å²) in [5.41, 5.74) is 9.23. The van der Waals surface area contributed by atoms with E-state index in [1.54, 1.807) is 0 Å². The number of halogens is 4. The summed E-state index contributed by atoms with van der Waals surface area (Å²) in [6.45, 7) is 8.94. The van der Waals surface area contributed by atoms with Crippen LogP contribution in [-0.2, 0) is 24.2 Å². The van der Waals surface area contributed by atoms with Crippen molar-refractivity contribution < 1.29 is 49.0 Å². The van der Waals surface area contributed by atoms with Crippen molar-refractivity contribution in [3.8, 4) is 22.3 Å². The molecule has 1 aliphatic rings. The Bertz CT molecular complexity index is 2190. The summed E-state index contributed by atoms with van der Waals surface area (Å²) in [5, 5.41) is 6.80. The van der Waals surface area contributed by atoms with Gasteiger partial charge in [-0.2, -0.15) is 11.6 Å². The molecular weight excluding hydrogens is 822 g/mol. The molecule has 0 spiro atoms. The minimum atomic E-state index is 0. The zero-order chi connectivity index (χ0) is 36.7. The molecule has 0 radical (unpaired) electrons. The van der Waals surface area contributed by atoms with Gasteiger partial charge in [-0.3, -0.25) is 6.08 Å². The van der Waals surface area contributed by atoms with E-state index in [2.05, 4.69) is 149 Å². The molecule has 7 aromatic carbocycles. The first kappa shape index (κ1) is 43.3. The summed E-state index contributed by atoms with van der Waals surface area (Å²) in [4.78, 5) is 0. The van der Waals surface area contributed by atoms with Gasteiger partial charge in [0.2, 0.25) is 0 Å². The van der Waals surface area contributed by atoms with Crippen molar-refractivity contribution in [3.63, 3.8) is 0 Å². The van der Waals surface area contributed by atoms with Crippen LogP contribution in [0, 0.1) is 17.4 Å². The molecule has 0 saturated carbocycles. The first-order valence-electron chi connectivity index (χ1n) is 17.7. The molecule has 5 heteroatoms. The van der Waals surface area contributed by atoms with Crippen molar-refractivity contribution in [1.29, 1.82) is 0 Å². The maximum Gasteiger partial charge on any atom is -0.0259 e. The number of benzene rings is 6. The third-order valence-corrected chi connectivity index (χ3v) is 11.2. The molecular formula is C49H42Cl4Zr-2. The van der Waals surface area contributed by atoms with E-state index >= 15 is 0 Å². The topological polar surface area (TPSA) is 0 Å². The summed E-state index contributed by atoms with van der Waals surface area (Å²) in [7, 11) is 0. The molecule has 0 nitrogen and oxygen atoms in total. The molecule has 7 aromatic rings. The van der Waals surface area contributed by atoms with Crippen molar-refractivity contribution in [2.75, 3.05) is 0 Å². The zero-order valence-corrected chi connectivity index (χ0v) is 36.4. The van der Waals surface area contributed by atoms with Crippen LogP contribution in [0.25, 0.3) is 43.8 Å².